The van der Waals surface area contributed by atoms with E-state index in [1.165, 1.54) is 10.9 Å². The zero-order chi connectivity index (χ0) is 19.7. The van der Waals surface area contributed by atoms with Crippen LogP contribution in [0.1, 0.15) is 5.56 Å². The second-order valence-corrected chi connectivity index (χ2v) is 6.35. The van der Waals surface area contributed by atoms with Crippen molar-refractivity contribution in [1.82, 2.24) is 19.3 Å². The Morgan fingerprint density at radius 2 is 2.11 bits per heavy atom. The molecule has 0 amide bonds. The van der Waals surface area contributed by atoms with Gasteiger partial charge in [-0.1, -0.05) is 6.07 Å². The third-order valence-electron chi connectivity index (χ3n) is 4.49. The molecule has 0 fully saturated rings. The monoisotopic (exact) mass is 383 g/mol. The molecule has 1 aliphatic rings. The number of aromatic nitrogens is 4. The van der Waals surface area contributed by atoms with E-state index in [4.69, 9.17) is 15.2 Å². The topological polar surface area (TPSA) is 97.2 Å². The molecule has 0 radical (unpaired) electrons. The molecule has 0 saturated heterocycles. The summed E-state index contributed by atoms with van der Waals surface area (Å²) in [5.74, 6) is 1.86. The van der Waals surface area contributed by atoms with Crippen LogP contribution in [-0.4, -0.2) is 32.7 Å². The standard InChI is InChI=1S/C19H18FN5O3/c1-12-4-15(14-2-3-16-17(5-14)28-11-27-16)8-22-18(12)24-10-23-25(19(24)26)9-13(6-20)7-21/h2-6,8,10H,7,9,11,21H2,1H3/b13-6+. The molecule has 144 valence electrons. The highest BCUT2D eigenvalue weighted by Crippen LogP contribution is 2.36. The van der Waals surface area contributed by atoms with Gasteiger partial charge in [0.05, 0.1) is 12.9 Å². The Balaban J connectivity index is 1.66. The zero-order valence-corrected chi connectivity index (χ0v) is 15.1. The molecule has 9 heteroatoms. The SMILES string of the molecule is Cc1cc(-c2ccc3c(c2)OCO3)cnc1-n1cnn(C/C(=C/F)CN)c1=O. The van der Waals surface area contributed by atoms with Crippen LogP contribution >= 0.6 is 0 Å². The van der Waals surface area contributed by atoms with E-state index >= 15 is 0 Å². The normalized spacial score (nSPS) is 13.2. The van der Waals surface area contributed by atoms with Gasteiger partial charge in [0.25, 0.3) is 0 Å². The van der Waals surface area contributed by atoms with Crippen molar-refractivity contribution in [3.8, 4) is 28.4 Å². The molecule has 4 rings (SSSR count). The molecule has 0 bridgehead atoms. The van der Waals surface area contributed by atoms with Crippen LogP contribution in [0.25, 0.3) is 16.9 Å². The number of hydrogen-bond donors (Lipinski definition) is 1. The Labute approximate surface area is 159 Å². The number of ether oxygens (including phenoxy) is 2. The van der Waals surface area contributed by atoms with E-state index in [1.54, 1.807) is 6.20 Å². The average Bonchev–Trinajstić information content (AvgIpc) is 3.32. The molecule has 8 nitrogen and oxygen atoms in total. The summed E-state index contributed by atoms with van der Waals surface area (Å²) in [6.07, 6.45) is 3.44. The van der Waals surface area contributed by atoms with Gasteiger partial charge in [-0.3, -0.25) is 0 Å². The van der Waals surface area contributed by atoms with Gasteiger partial charge >= 0.3 is 5.69 Å². The lowest BCUT2D eigenvalue weighted by Gasteiger charge is -2.08. The smallest absolute Gasteiger partial charge is 0.351 e. The number of pyridine rings is 1. The number of nitrogens with zero attached hydrogens (tertiary/aromatic N) is 4. The average molecular weight is 383 g/mol. The van der Waals surface area contributed by atoms with Crippen LogP contribution in [-0.2, 0) is 6.54 Å². The molecule has 0 spiro atoms. The van der Waals surface area contributed by atoms with Gasteiger partial charge in [-0.05, 0) is 41.8 Å². The van der Waals surface area contributed by atoms with Crippen molar-refractivity contribution in [2.75, 3.05) is 13.3 Å². The van der Waals surface area contributed by atoms with Crippen LogP contribution in [0.2, 0.25) is 0 Å². The minimum atomic E-state index is -0.417. The van der Waals surface area contributed by atoms with Crippen molar-refractivity contribution in [3.63, 3.8) is 0 Å². The largest absolute Gasteiger partial charge is 0.454 e. The highest BCUT2D eigenvalue weighted by atomic mass is 19.1. The number of hydrogen-bond acceptors (Lipinski definition) is 6. The second kappa shape index (κ2) is 7.28. The van der Waals surface area contributed by atoms with Crippen LogP contribution in [0.15, 0.2) is 53.5 Å². The lowest BCUT2D eigenvalue weighted by atomic mass is 10.1. The molecule has 0 saturated carbocycles. The highest BCUT2D eigenvalue weighted by Gasteiger charge is 2.16. The zero-order valence-electron chi connectivity index (χ0n) is 15.1. The first-order valence-corrected chi connectivity index (χ1v) is 8.60. The molecule has 3 aromatic rings. The minimum absolute atomic E-state index is 0.00678. The van der Waals surface area contributed by atoms with Crippen LogP contribution in [0.3, 0.4) is 0 Å². The summed E-state index contributed by atoms with van der Waals surface area (Å²) in [7, 11) is 0. The molecule has 2 N–H and O–H groups in total. The third-order valence-corrected chi connectivity index (χ3v) is 4.49. The second-order valence-electron chi connectivity index (χ2n) is 6.35. The summed E-state index contributed by atoms with van der Waals surface area (Å²) in [6, 6.07) is 7.59. The maximum Gasteiger partial charge on any atom is 0.351 e. The van der Waals surface area contributed by atoms with E-state index in [1.807, 2.05) is 31.2 Å². The Bertz CT molecular complexity index is 1120. The van der Waals surface area contributed by atoms with Crippen molar-refractivity contribution in [2.45, 2.75) is 13.5 Å². The summed E-state index contributed by atoms with van der Waals surface area (Å²) in [5.41, 5.74) is 7.89. The van der Waals surface area contributed by atoms with E-state index in [-0.39, 0.29) is 25.5 Å². The molecule has 28 heavy (non-hydrogen) atoms. The molecule has 0 atom stereocenters. The fraction of sp³-hybridized carbons (Fsp3) is 0.211. The fourth-order valence-electron chi connectivity index (χ4n) is 2.98. The number of benzene rings is 1. The van der Waals surface area contributed by atoms with Crippen molar-refractivity contribution in [2.24, 2.45) is 5.73 Å². The van der Waals surface area contributed by atoms with Crippen LogP contribution in [0.4, 0.5) is 4.39 Å². The van der Waals surface area contributed by atoms with Gasteiger partial charge in [0.15, 0.2) is 11.5 Å². The van der Waals surface area contributed by atoms with Gasteiger partial charge in [-0.25, -0.2) is 23.4 Å². The van der Waals surface area contributed by atoms with Crippen LogP contribution < -0.4 is 20.9 Å². The van der Waals surface area contributed by atoms with Crippen molar-refractivity contribution in [1.29, 1.82) is 0 Å². The van der Waals surface area contributed by atoms with Gasteiger partial charge in [0, 0.05) is 18.3 Å². The molecule has 0 aliphatic carbocycles. The predicted molar refractivity (Wildman–Crippen MR) is 100 cm³/mol. The van der Waals surface area contributed by atoms with Gasteiger partial charge in [0.1, 0.15) is 12.1 Å². The van der Waals surface area contributed by atoms with Crippen LogP contribution in [0.5, 0.6) is 11.5 Å². The number of rotatable bonds is 5. The maximum atomic E-state index is 12.7. The Kier molecular flexibility index (Phi) is 4.66. The lowest BCUT2D eigenvalue weighted by molar-refractivity contribution is 0.174. The third kappa shape index (κ3) is 3.16. The number of nitrogens with two attached hydrogens (primary N) is 1. The van der Waals surface area contributed by atoms with E-state index in [0.29, 0.717) is 23.6 Å². The number of fused-ring (bicyclic) bond motifs is 1. The van der Waals surface area contributed by atoms with Crippen molar-refractivity contribution in [3.05, 3.63) is 64.7 Å². The summed E-state index contributed by atoms with van der Waals surface area (Å²) in [5, 5.41) is 4.02. The maximum absolute atomic E-state index is 12.7. The molecule has 3 heterocycles. The van der Waals surface area contributed by atoms with Crippen molar-refractivity contribution >= 4 is 0 Å². The highest BCUT2D eigenvalue weighted by molar-refractivity contribution is 5.68. The van der Waals surface area contributed by atoms with Crippen molar-refractivity contribution < 1.29 is 13.9 Å². The quantitative estimate of drug-likeness (QED) is 0.723. The molecule has 1 aliphatic heterocycles. The number of aryl methyl sites for hydroxylation is 1. The Morgan fingerprint density at radius 1 is 1.29 bits per heavy atom. The predicted octanol–water partition coefficient (Wildman–Crippen LogP) is 1.95. The van der Waals surface area contributed by atoms with Gasteiger partial charge < -0.3 is 15.2 Å². The first kappa shape index (κ1) is 17.9. The fourth-order valence-corrected chi connectivity index (χ4v) is 2.98. The number of halogens is 1. The Hall–Kier alpha value is -3.46. The lowest BCUT2D eigenvalue weighted by Crippen LogP contribution is -2.26. The summed E-state index contributed by atoms with van der Waals surface area (Å²) in [6.45, 7) is 2.07. The van der Waals surface area contributed by atoms with Gasteiger partial charge in [-0.2, -0.15) is 5.10 Å². The molecular formula is C19H18FN5O3. The van der Waals surface area contributed by atoms with Crippen LogP contribution in [0, 0.1) is 6.92 Å². The summed E-state index contributed by atoms with van der Waals surface area (Å²) in [4.78, 5) is 17.0. The molecule has 2 aromatic heterocycles. The minimum Gasteiger partial charge on any atom is -0.454 e. The molecular weight excluding hydrogens is 365 g/mol. The molecule has 1 aromatic carbocycles. The summed E-state index contributed by atoms with van der Waals surface area (Å²) >= 11 is 0. The van der Waals surface area contributed by atoms with E-state index in [9.17, 15) is 9.18 Å². The first-order chi connectivity index (χ1) is 13.6. The Morgan fingerprint density at radius 3 is 2.86 bits per heavy atom. The van der Waals surface area contributed by atoms with E-state index in [2.05, 4.69) is 10.1 Å². The van der Waals surface area contributed by atoms with Gasteiger partial charge in [0.2, 0.25) is 6.79 Å². The van der Waals surface area contributed by atoms with Gasteiger partial charge in [-0.15, -0.1) is 0 Å². The first-order valence-electron chi connectivity index (χ1n) is 8.60. The molecule has 0 unspecified atom stereocenters. The summed E-state index contributed by atoms with van der Waals surface area (Å²) < 4.78 is 25.9. The van der Waals surface area contributed by atoms with E-state index in [0.717, 1.165) is 21.4 Å². The van der Waals surface area contributed by atoms with E-state index < -0.39 is 5.69 Å².